The number of allylic oxidation sites excluding steroid dienone is 4. The summed E-state index contributed by atoms with van der Waals surface area (Å²) in [6, 6.07) is 0.416. The van der Waals surface area contributed by atoms with Gasteiger partial charge >= 0.3 is 0 Å². The number of fused-ring (bicyclic) bond motifs is 5. The monoisotopic (exact) mass is 285 g/mol. The summed E-state index contributed by atoms with van der Waals surface area (Å²) in [5.74, 6) is 4.20. The zero-order valence-corrected chi connectivity index (χ0v) is 13.3. The maximum Gasteiger partial charge on any atom is 0.222 e. The van der Waals surface area contributed by atoms with Crippen molar-refractivity contribution in [2.24, 2.45) is 29.6 Å². The zero-order chi connectivity index (χ0) is 14.6. The molecule has 0 aromatic carbocycles. The van der Waals surface area contributed by atoms with Crippen LogP contribution in [-0.4, -0.2) is 23.9 Å². The van der Waals surface area contributed by atoms with E-state index in [2.05, 4.69) is 25.2 Å². The number of hydrogen-bond acceptors (Lipinski definition) is 1. The van der Waals surface area contributed by atoms with E-state index in [-0.39, 0.29) is 0 Å². The average Bonchev–Trinajstić information content (AvgIpc) is 2.92. The molecule has 6 unspecified atom stereocenters. The quantitative estimate of drug-likeness (QED) is 0.663. The summed E-state index contributed by atoms with van der Waals surface area (Å²) in [4.78, 5) is 14.3. The van der Waals surface area contributed by atoms with Crippen molar-refractivity contribution >= 4 is 5.91 Å². The van der Waals surface area contributed by atoms with Crippen molar-refractivity contribution in [1.82, 2.24) is 4.90 Å². The maximum atomic E-state index is 12.3. The van der Waals surface area contributed by atoms with Crippen LogP contribution in [0.5, 0.6) is 0 Å². The Kier molecular flexibility index (Phi) is 3.24. The Morgan fingerprint density at radius 2 is 2.00 bits per heavy atom. The van der Waals surface area contributed by atoms with Crippen molar-refractivity contribution in [2.75, 3.05) is 7.05 Å². The molecule has 4 rings (SSSR count). The van der Waals surface area contributed by atoms with Crippen LogP contribution in [-0.2, 0) is 4.79 Å². The minimum Gasteiger partial charge on any atom is -0.343 e. The van der Waals surface area contributed by atoms with Crippen LogP contribution in [0.1, 0.15) is 45.4 Å². The Hall–Kier alpha value is -1.05. The van der Waals surface area contributed by atoms with Crippen molar-refractivity contribution in [3.8, 4) is 0 Å². The molecule has 3 fully saturated rings. The lowest BCUT2D eigenvalue weighted by Crippen LogP contribution is -2.40. The van der Waals surface area contributed by atoms with Crippen LogP contribution in [0.25, 0.3) is 0 Å². The summed E-state index contributed by atoms with van der Waals surface area (Å²) in [5, 5.41) is 0. The molecule has 0 N–H and O–H groups in total. The van der Waals surface area contributed by atoms with Crippen molar-refractivity contribution in [1.29, 1.82) is 0 Å². The lowest BCUT2D eigenvalue weighted by molar-refractivity contribution is -0.131. The van der Waals surface area contributed by atoms with Crippen LogP contribution in [0, 0.1) is 29.6 Å². The topological polar surface area (TPSA) is 20.3 Å². The van der Waals surface area contributed by atoms with E-state index < -0.39 is 0 Å². The molecule has 0 aromatic heterocycles. The number of nitrogens with zero attached hydrogens (tertiary/aromatic N) is 1. The molecule has 2 heteroatoms. The smallest absolute Gasteiger partial charge is 0.222 e. The third-order valence-corrected chi connectivity index (χ3v) is 6.92. The van der Waals surface area contributed by atoms with Gasteiger partial charge in [0.25, 0.3) is 0 Å². The van der Waals surface area contributed by atoms with Gasteiger partial charge in [-0.25, -0.2) is 0 Å². The molecule has 4 aliphatic rings. The van der Waals surface area contributed by atoms with Gasteiger partial charge in [-0.1, -0.05) is 23.8 Å². The van der Waals surface area contributed by atoms with Gasteiger partial charge in [0.05, 0.1) is 0 Å². The highest BCUT2D eigenvalue weighted by Gasteiger charge is 2.47. The molecule has 21 heavy (non-hydrogen) atoms. The molecule has 1 heterocycles. The number of carbonyl (C=O) groups excluding carboxylic acids is 1. The highest BCUT2D eigenvalue weighted by Crippen LogP contribution is 2.54. The number of amides is 1. The van der Waals surface area contributed by atoms with Gasteiger partial charge < -0.3 is 4.90 Å². The van der Waals surface area contributed by atoms with Crippen LogP contribution < -0.4 is 0 Å². The zero-order valence-electron chi connectivity index (χ0n) is 13.3. The van der Waals surface area contributed by atoms with E-state index in [0.717, 1.165) is 30.1 Å². The first kappa shape index (κ1) is 13.6. The van der Waals surface area contributed by atoms with E-state index in [9.17, 15) is 4.79 Å². The van der Waals surface area contributed by atoms with Crippen molar-refractivity contribution in [2.45, 2.75) is 51.5 Å². The molecule has 0 aromatic rings. The predicted molar refractivity (Wildman–Crippen MR) is 84.6 cm³/mol. The van der Waals surface area contributed by atoms with Crippen LogP contribution in [0.4, 0.5) is 0 Å². The summed E-state index contributed by atoms with van der Waals surface area (Å²) in [6.45, 7) is 2.24. The molecule has 2 nitrogen and oxygen atoms in total. The van der Waals surface area contributed by atoms with E-state index in [1.807, 2.05) is 11.9 Å². The van der Waals surface area contributed by atoms with Crippen molar-refractivity contribution < 1.29 is 4.79 Å². The predicted octanol–water partition coefficient (Wildman–Crippen LogP) is 3.79. The number of carbonyl (C=O) groups is 1. The first-order valence-electron chi connectivity index (χ1n) is 8.79. The van der Waals surface area contributed by atoms with E-state index in [4.69, 9.17) is 0 Å². The minimum absolute atomic E-state index is 0.379. The Morgan fingerprint density at radius 3 is 2.86 bits per heavy atom. The molecule has 114 valence electrons. The molecule has 0 bridgehead atoms. The van der Waals surface area contributed by atoms with Gasteiger partial charge in [0, 0.05) is 19.5 Å². The molecule has 6 atom stereocenters. The fraction of sp³-hybridized carbons (Fsp3) is 0.737. The molecular weight excluding hydrogens is 258 g/mol. The van der Waals surface area contributed by atoms with Crippen molar-refractivity contribution in [3.05, 3.63) is 23.8 Å². The minimum atomic E-state index is 0.379. The lowest BCUT2D eigenvalue weighted by Gasteiger charge is -2.48. The molecule has 1 saturated heterocycles. The number of hydrogen-bond donors (Lipinski definition) is 0. The fourth-order valence-corrected chi connectivity index (χ4v) is 5.65. The summed E-state index contributed by atoms with van der Waals surface area (Å²) < 4.78 is 0. The van der Waals surface area contributed by atoms with Crippen LogP contribution in [0.15, 0.2) is 23.8 Å². The van der Waals surface area contributed by atoms with Crippen LogP contribution in [0.3, 0.4) is 0 Å². The molecule has 2 saturated carbocycles. The van der Waals surface area contributed by atoms with Gasteiger partial charge in [-0.3, -0.25) is 4.79 Å². The lowest BCUT2D eigenvalue weighted by atomic mass is 9.57. The molecule has 0 spiro atoms. The molecule has 0 radical (unpaired) electrons. The van der Waals surface area contributed by atoms with Crippen LogP contribution >= 0.6 is 0 Å². The average molecular weight is 285 g/mol. The third-order valence-electron chi connectivity index (χ3n) is 6.92. The second-order valence-electron chi connectivity index (χ2n) is 7.80. The van der Waals surface area contributed by atoms with Gasteiger partial charge in [-0.15, -0.1) is 0 Å². The Balaban J connectivity index is 1.61. The van der Waals surface area contributed by atoms with E-state index in [0.29, 0.717) is 17.9 Å². The van der Waals surface area contributed by atoms with Gasteiger partial charge in [0.2, 0.25) is 5.91 Å². The standard InChI is InChI=1S/C19H27NO/c1-12-10-18-14(11-19(21)20(12)2)7-9-16-15-5-3-4-13(15)6-8-17(16)18/h3-5,12-14,16-18H,6-11H2,1-2H3. The summed E-state index contributed by atoms with van der Waals surface area (Å²) in [6.07, 6.45) is 14.4. The van der Waals surface area contributed by atoms with Crippen molar-refractivity contribution in [3.63, 3.8) is 0 Å². The second-order valence-corrected chi connectivity index (χ2v) is 7.80. The second kappa shape index (κ2) is 5.00. The highest BCUT2D eigenvalue weighted by molar-refractivity contribution is 5.76. The third kappa shape index (κ3) is 2.10. The first-order chi connectivity index (χ1) is 10.1. The van der Waals surface area contributed by atoms with E-state index >= 15 is 0 Å². The first-order valence-corrected chi connectivity index (χ1v) is 8.79. The van der Waals surface area contributed by atoms with Gasteiger partial charge in [-0.2, -0.15) is 0 Å². The molecular formula is C19H27NO. The van der Waals surface area contributed by atoms with Crippen LogP contribution in [0.2, 0.25) is 0 Å². The molecule has 1 aliphatic heterocycles. The molecule has 1 amide bonds. The summed E-state index contributed by atoms with van der Waals surface area (Å²) >= 11 is 0. The van der Waals surface area contributed by atoms with E-state index in [1.165, 1.54) is 32.1 Å². The Morgan fingerprint density at radius 1 is 1.14 bits per heavy atom. The molecule has 3 aliphatic carbocycles. The maximum absolute atomic E-state index is 12.3. The number of likely N-dealkylation sites (tertiary alicyclic amines) is 1. The summed E-state index contributed by atoms with van der Waals surface area (Å²) in [7, 11) is 2.00. The fourth-order valence-electron chi connectivity index (χ4n) is 5.65. The van der Waals surface area contributed by atoms with E-state index in [1.54, 1.807) is 5.57 Å². The Labute approximate surface area is 128 Å². The number of rotatable bonds is 0. The normalized spacial score (nSPS) is 45.5. The SMILES string of the molecule is CC1CC2C(CCC3C4=CC=CC4CCC32)CC(=O)N1C. The van der Waals surface area contributed by atoms with Gasteiger partial charge in [-0.05, 0) is 68.6 Å². The largest absolute Gasteiger partial charge is 0.343 e. The highest BCUT2D eigenvalue weighted by atomic mass is 16.2. The van der Waals surface area contributed by atoms with Gasteiger partial charge in [0.15, 0.2) is 0 Å². The Bertz CT molecular complexity index is 506. The van der Waals surface area contributed by atoms with Gasteiger partial charge in [0.1, 0.15) is 0 Å². The summed E-state index contributed by atoms with van der Waals surface area (Å²) in [5.41, 5.74) is 1.72.